The summed E-state index contributed by atoms with van der Waals surface area (Å²) in [6, 6.07) is 4.26. The van der Waals surface area contributed by atoms with Gasteiger partial charge in [0, 0.05) is 11.1 Å². The molecular formula is C18H19F3N2O3. The van der Waals surface area contributed by atoms with Crippen molar-refractivity contribution in [2.24, 2.45) is 21.4 Å². The van der Waals surface area contributed by atoms with Gasteiger partial charge in [-0.15, -0.1) is 0 Å². The van der Waals surface area contributed by atoms with E-state index in [1.807, 2.05) is 0 Å². The van der Waals surface area contributed by atoms with Gasteiger partial charge in [0.25, 0.3) is 0 Å². The summed E-state index contributed by atoms with van der Waals surface area (Å²) in [4.78, 5) is 25.9. The fourth-order valence-corrected chi connectivity index (χ4v) is 4.47. The molecular weight excluding hydrogens is 349 g/mol. The van der Waals surface area contributed by atoms with E-state index in [0.29, 0.717) is 6.42 Å². The van der Waals surface area contributed by atoms with Crippen molar-refractivity contribution < 1.29 is 28.0 Å². The van der Waals surface area contributed by atoms with E-state index in [4.69, 9.17) is 0 Å². The van der Waals surface area contributed by atoms with Crippen LogP contribution in [0.3, 0.4) is 0 Å². The number of hydrogen-bond acceptors (Lipinski definition) is 4. The van der Waals surface area contributed by atoms with Gasteiger partial charge in [0.1, 0.15) is 11.1 Å². The summed E-state index contributed by atoms with van der Waals surface area (Å²) in [7, 11) is 0. The number of amides is 1. The Morgan fingerprint density at radius 3 is 2.42 bits per heavy atom. The number of fused-ring (bicyclic) bond motifs is 2. The van der Waals surface area contributed by atoms with Gasteiger partial charge in [0.2, 0.25) is 5.91 Å². The molecule has 140 valence electrons. The lowest BCUT2D eigenvalue weighted by atomic mass is 9.64. The molecule has 8 heteroatoms. The third-order valence-electron chi connectivity index (χ3n) is 6.51. The van der Waals surface area contributed by atoms with E-state index in [1.165, 1.54) is 12.1 Å². The highest BCUT2D eigenvalue weighted by Gasteiger charge is 2.76. The van der Waals surface area contributed by atoms with Gasteiger partial charge >= 0.3 is 6.18 Å². The Morgan fingerprint density at radius 1 is 1.23 bits per heavy atom. The minimum absolute atomic E-state index is 0.0363. The quantitative estimate of drug-likeness (QED) is 0.473. The molecule has 0 aliphatic heterocycles. The first-order valence-electron chi connectivity index (χ1n) is 8.18. The van der Waals surface area contributed by atoms with Crippen LogP contribution >= 0.6 is 0 Å². The zero-order chi connectivity index (χ0) is 19.5. The molecule has 2 bridgehead atoms. The highest BCUT2D eigenvalue weighted by molar-refractivity contribution is 6.51. The van der Waals surface area contributed by atoms with Gasteiger partial charge in [-0.2, -0.15) is 13.2 Å². The molecule has 1 aromatic rings. The molecule has 0 saturated heterocycles. The molecule has 0 aromatic heterocycles. The zero-order valence-electron chi connectivity index (χ0n) is 14.6. The summed E-state index contributed by atoms with van der Waals surface area (Å²) in [6.07, 6.45) is -3.82. The van der Waals surface area contributed by atoms with Gasteiger partial charge in [-0.25, -0.2) is 0 Å². The van der Waals surface area contributed by atoms with Crippen molar-refractivity contribution >= 4 is 23.1 Å². The van der Waals surface area contributed by atoms with Crippen molar-refractivity contribution in [2.45, 2.75) is 39.8 Å². The standard InChI is InChI=1S/C18H19F3N2O3/c1-15(2)16(3)7-8-17(15,13(24)12(16)23-26)14(25)22-11-6-4-5-10(9-11)18(19,20)21/h4-6,9,26H,7-8H2,1-3H3,(H,22,25). The van der Waals surface area contributed by atoms with Crippen molar-refractivity contribution in [3.8, 4) is 0 Å². The van der Waals surface area contributed by atoms with E-state index in [2.05, 4.69) is 10.5 Å². The summed E-state index contributed by atoms with van der Waals surface area (Å²) < 4.78 is 38.6. The Labute approximate surface area is 148 Å². The van der Waals surface area contributed by atoms with Crippen LogP contribution in [0.4, 0.5) is 18.9 Å². The Balaban J connectivity index is 2.00. The number of halogens is 3. The van der Waals surface area contributed by atoms with Crippen LogP contribution in [0.5, 0.6) is 0 Å². The normalized spacial score (nSPS) is 31.5. The van der Waals surface area contributed by atoms with Crippen LogP contribution in [-0.4, -0.2) is 22.6 Å². The number of ketones is 1. The second kappa shape index (κ2) is 5.31. The smallest absolute Gasteiger partial charge is 0.411 e. The predicted octanol–water partition coefficient (Wildman–Crippen LogP) is 3.87. The Bertz CT molecular complexity index is 831. The number of carbonyl (C=O) groups excluding carboxylic acids is 2. The van der Waals surface area contributed by atoms with Crippen LogP contribution in [0.25, 0.3) is 0 Å². The van der Waals surface area contributed by atoms with Crippen LogP contribution in [0, 0.1) is 16.2 Å². The average Bonchev–Trinajstić information content (AvgIpc) is 2.82. The van der Waals surface area contributed by atoms with Gasteiger partial charge in [0.15, 0.2) is 5.78 Å². The molecule has 2 aliphatic rings. The molecule has 1 aromatic carbocycles. The third kappa shape index (κ3) is 2.07. The lowest BCUT2D eigenvalue weighted by Crippen LogP contribution is -2.47. The minimum Gasteiger partial charge on any atom is -0.411 e. The Morgan fingerprint density at radius 2 is 1.88 bits per heavy atom. The minimum atomic E-state index is -4.54. The molecule has 26 heavy (non-hydrogen) atoms. The first-order chi connectivity index (χ1) is 11.9. The number of rotatable bonds is 2. The van der Waals surface area contributed by atoms with E-state index in [1.54, 1.807) is 20.8 Å². The highest BCUT2D eigenvalue weighted by Crippen LogP contribution is 2.69. The molecule has 0 heterocycles. The van der Waals surface area contributed by atoms with Gasteiger partial charge in [-0.1, -0.05) is 32.0 Å². The van der Waals surface area contributed by atoms with E-state index in [-0.39, 0.29) is 17.8 Å². The Hall–Kier alpha value is -2.38. The van der Waals surface area contributed by atoms with E-state index < -0.39 is 39.7 Å². The van der Waals surface area contributed by atoms with E-state index in [0.717, 1.165) is 12.1 Å². The van der Waals surface area contributed by atoms with Crippen LogP contribution in [0.1, 0.15) is 39.2 Å². The highest BCUT2D eigenvalue weighted by atomic mass is 19.4. The first kappa shape index (κ1) is 18.4. The van der Waals surface area contributed by atoms with Gasteiger partial charge in [-0.05, 0) is 36.5 Å². The molecule has 2 unspecified atom stereocenters. The molecule has 0 radical (unpaired) electrons. The van der Waals surface area contributed by atoms with Crippen molar-refractivity contribution in [1.29, 1.82) is 0 Å². The summed E-state index contributed by atoms with van der Waals surface area (Å²) in [5, 5.41) is 14.9. The average molecular weight is 368 g/mol. The Kier molecular flexibility index (Phi) is 3.76. The van der Waals surface area contributed by atoms with Crippen LogP contribution in [0.2, 0.25) is 0 Å². The predicted molar refractivity (Wildman–Crippen MR) is 87.9 cm³/mol. The van der Waals surface area contributed by atoms with Crippen LogP contribution < -0.4 is 5.32 Å². The molecule has 2 N–H and O–H groups in total. The maximum atomic E-state index is 13.0. The number of benzene rings is 1. The number of carbonyl (C=O) groups is 2. The number of hydrogen-bond donors (Lipinski definition) is 2. The second-order valence-electron chi connectivity index (χ2n) is 7.67. The summed E-state index contributed by atoms with van der Waals surface area (Å²) in [5.74, 6) is -1.24. The fraction of sp³-hybridized carbons (Fsp3) is 0.500. The number of alkyl halides is 3. The van der Waals surface area contributed by atoms with E-state index >= 15 is 0 Å². The summed E-state index contributed by atoms with van der Waals surface area (Å²) in [5.41, 5.74) is -4.07. The lowest BCUT2D eigenvalue weighted by Gasteiger charge is -2.37. The molecule has 1 amide bonds. The molecule has 0 spiro atoms. The van der Waals surface area contributed by atoms with Crippen molar-refractivity contribution in [2.75, 3.05) is 5.32 Å². The molecule has 2 aliphatic carbocycles. The molecule has 3 rings (SSSR count). The van der Waals surface area contributed by atoms with Gasteiger partial charge in [0.05, 0.1) is 5.56 Å². The fourth-order valence-electron chi connectivity index (χ4n) is 4.47. The van der Waals surface area contributed by atoms with Crippen LogP contribution in [0.15, 0.2) is 29.4 Å². The summed E-state index contributed by atoms with van der Waals surface area (Å²) >= 11 is 0. The van der Waals surface area contributed by atoms with Crippen LogP contribution in [-0.2, 0) is 15.8 Å². The first-order valence-corrected chi connectivity index (χ1v) is 8.18. The second-order valence-corrected chi connectivity index (χ2v) is 7.67. The van der Waals surface area contributed by atoms with Gasteiger partial charge in [-0.3, -0.25) is 9.59 Å². The number of nitrogens with one attached hydrogen (secondary N) is 1. The number of nitrogens with zero attached hydrogens (tertiary/aromatic N) is 1. The largest absolute Gasteiger partial charge is 0.416 e. The third-order valence-corrected chi connectivity index (χ3v) is 6.51. The zero-order valence-corrected chi connectivity index (χ0v) is 14.6. The molecule has 2 atom stereocenters. The van der Waals surface area contributed by atoms with Crippen molar-refractivity contribution in [3.05, 3.63) is 29.8 Å². The van der Waals surface area contributed by atoms with Gasteiger partial charge < -0.3 is 10.5 Å². The maximum absolute atomic E-state index is 13.0. The lowest BCUT2D eigenvalue weighted by molar-refractivity contribution is -0.140. The topological polar surface area (TPSA) is 78.8 Å². The van der Waals surface area contributed by atoms with Crippen molar-refractivity contribution in [3.63, 3.8) is 0 Å². The van der Waals surface area contributed by atoms with Crippen molar-refractivity contribution in [1.82, 2.24) is 0 Å². The maximum Gasteiger partial charge on any atom is 0.416 e. The summed E-state index contributed by atoms with van der Waals surface area (Å²) in [6.45, 7) is 5.27. The number of Topliss-reactive ketones (excluding diaryl/α,β-unsaturated/α-hetero) is 1. The molecule has 2 fully saturated rings. The molecule has 2 saturated carbocycles. The SMILES string of the molecule is CC12CCC(C(=O)Nc3cccc(C(F)(F)F)c3)(C(=O)C1=NO)C2(C)C. The number of anilines is 1. The van der Waals surface area contributed by atoms with E-state index in [9.17, 15) is 28.0 Å². The number of oxime groups is 1. The monoisotopic (exact) mass is 368 g/mol. The molecule has 5 nitrogen and oxygen atoms in total.